The number of hydrogen-bond acceptors (Lipinski definition) is 4. The maximum Gasteiger partial charge on any atom is 0.337 e. The first-order chi connectivity index (χ1) is 9.79. The molecular weight excluding hydrogens is 339 g/mol. The van der Waals surface area contributed by atoms with Gasteiger partial charge in [0, 0.05) is 11.2 Å². The molecule has 0 bridgehead atoms. The lowest BCUT2D eigenvalue weighted by atomic mass is 10.3. The highest BCUT2D eigenvalue weighted by atomic mass is 35.5. The Morgan fingerprint density at radius 2 is 1.90 bits per heavy atom. The highest BCUT2D eigenvalue weighted by Crippen LogP contribution is 2.27. The number of pyridine rings is 1. The van der Waals surface area contributed by atoms with Crippen molar-refractivity contribution in [3.8, 4) is 0 Å². The van der Waals surface area contributed by atoms with Crippen LogP contribution in [0.2, 0.25) is 10.0 Å². The van der Waals surface area contributed by atoms with E-state index in [1.807, 2.05) is 0 Å². The van der Waals surface area contributed by atoms with Gasteiger partial charge in [0.2, 0.25) is 0 Å². The van der Waals surface area contributed by atoms with Crippen LogP contribution in [-0.4, -0.2) is 24.5 Å². The number of carboxylic acids is 1. The van der Waals surface area contributed by atoms with E-state index in [-0.39, 0.29) is 21.3 Å². The van der Waals surface area contributed by atoms with Crippen LogP contribution in [0.15, 0.2) is 41.6 Å². The second kappa shape index (κ2) is 5.88. The van der Waals surface area contributed by atoms with Gasteiger partial charge >= 0.3 is 5.97 Å². The minimum absolute atomic E-state index is 0.105. The summed E-state index contributed by atoms with van der Waals surface area (Å²) in [6, 6.07) is 6.55. The number of rotatable bonds is 4. The average molecular weight is 347 g/mol. The summed E-state index contributed by atoms with van der Waals surface area (Å²) >= 11 is 11.6. The first-order valence-corrected chi connectivity index (χ1v) is 7.71. The molecule has 0 spiro atoms. The summed E-state index contributed by atoms with van der Waals surface area (Å²) < 4.78 is 26.5. The van der Waals surface area contributed by atoms with Crippen molar-refractivity contribution in [1.29, 1.82) is 0 Å². The predicted molar refractivity (Wildman–Crippen MR) is 78.5 cm³/mol. The molecule has 0 fully saturated rings. The van der Waals surface area contributed by atoms with Crippen LogP contribution >= 0.6 is 23.2 Å². The normalized spacial score (nSPS) is 11.1. The Bertz CT molecular complexity index is 791. The molecule has 0 saturated carbocycles. The van der Waals surface area contributed by atoms with E-state index in [2.05, 4.69) is 9.71 Å². The molecule has 0 aliphatic heterocycles. The Morgan fingerprint density at radius 3 is 2.48 bits per heavy atom. The standard InChI is InChI=1S/C12H8Cl2N2O4S/c13-8-2-3-9(14)10(5-8)16-21(19,20)11-4-1-7(6-15-11)12(17)18/h1-6,16H,(H,17,18). The molecule has 9 heteroatoms. The molecule has 2 aromatic rings. The van der Waals surface area contributed by atoms with Gasteiger partial charge in [-0.2, -0.15) is 8.42 Å². The maximum atomic E-state index is 12.1. The lowest BCUT2D eigenvalue weighted by Crippen LogP contribution is -2.15. The van der Waals surface area contributed by atoms with Crippen molar-refractivity contribution in [3.05, 3.63) is 52.1 Å². The first-order valence-electron chi connectivity index (χ1n) is 5.47. The Kier molecular flexibility index (Phi) is 4.36. The van der Waals surface area contributed by atoms with Crippen molar-refractivity contribution >= 4 is 44.9 Å². The number of hydrogen-bond donors (Lipinski definition) is 2. The van der Waals surface area contributed by atoms with Crippen molar-refractivity contribution in [2.45, 2.75) is 5.03 Å². The Hall–Kier alpha value is -1.83. The van der Waals surface area contributed by atoms with Gasteiger partial charge in [-0.05, 0) is 30.3 Å². The van der Waals surface area contributed by atoms with E-state index >= 15 is 0 Å². The van der Waals surface area contributed by atoms with Crippen molar-refractivity contribution < 1.29 is 18.3 Å². The second-order valence-corrected chi connectivity index (χ2v) is 6.39. The summed E-state index contributed by atoms with van der Waals surface area (Å²) in [5.74, 6) is -1.20. The Morgan fingerprint density at radius 1 is 1.19 bits per heavy atom. The van der Waals surface area contributed by atoms with Crippen LogP contribution in [0.25, 0.3) is 0 Å². The maximum absolute atomic E-state index is 12.1. The lowest BCUT2D eigenvalue weighted by molar-refractivity contribution is 0.0696. The van der Waals surface area contributed by atoms with Gasteiger partial charge in [-0.15, -0.1) is 0 Å². The van der Waals surface area contributed by atoms with Gasteiger partial charge in [-0.3, -0.25) is 4.72 Å². The molecule has 0 atom stereocenters. The zero-order chi connectivity index (χ0) is 15.6. The number of aromatic nitrogens is 1. The molecule has 0 radical (unpaired) electrons. The van der Waals surface area contributed by atoms with Crippen LogP contribution in [0.4, 0.5) is 5.69 Å². The zero-order valence-corrected chi connectivity index (χ0v) is 12.6. The van der Waals surface area contributed by atoms with Crippen molar-refractivity contribution in [2.24, 2.45) is 0 Å². The van der Waals surface area contributed by atoms with E-state index in [0.29, 0.717) is 5.02 Å². The van der Waals surface area contributed by atoms with Crippen LogP contribution in [0.3, 0.4) is 0 Å². The van der Waals surface area contributed by atoms with E-state index < -0.39 is 16.0 Å². The highest BCUT2D eigenvalue weighted by molar-refractivity contribution is 7.92. The van der Waals surface area contributed by atoms with E-state index in [9.17, 15) is 13.2 Å². The third kappa shape index (κ3) is 3.63. The largest absolute Gasteiger partial charge is 0.478 e. The molecule has 2 rings (SSSR count). The number of carbonyl (C=O) groups is 1. The fourth-order valence-corrected chi connectivity index (χ4v) is 2.83. The summed E-state index contributed by atoms with van der Waals surface area (Å²) in [5.41, 5.74) is -0.0111. The molecule has 1 heterocycles. The average Bonchev–Trinajstić information content (AvgIpc) is 2.43. The SMILES string of the molecule is O=C(O)c1ccc(S(=O)(=O)Nc2cc(Cl)ccc2Cl)nc1. The highest BCUT2D eigenvalue weighted by Gasteiger charge is 2.18. The monoisotopic (exact) mass is 346 g/mol. The quantitative estimate of drug-likeness (QED) is 0.887. The summed E-state index contributed by atoms with van der Waals surface area (Å²) in [4.78, 5) is 14.3. The first kappa shape index (κ1) is 15.6. The van der Waals surface area contributed by atoms with Gasteiger partial charge in [0.15, 0.2) is 5.03 Å². The fourth-order valence-electron chi connectivity index (χ4n) is 1.44. The van der Waals surface area contributed by atoms with Gasteiger partial charge in [0.05, 0.1) is 16.3 Å². The van der Waals surface area contributed by atoms with Crippen LogP contribution in [0.1, 0.15) is 10.4 Å². The van der Waals surface area contributed by atoms with Gasteiger partial charge in [-0.25, -0.2) is 9.78 Å². The van der Waals surface area contributed by atoms with E-state index in [1.54, 1.807) is 0 Å². The Labute approximate surface area is 130 Å². The minimum Gasteiger partial charge on any atom is -0.478 e. The summed E-state index contributed by atoms with van der Waals surface area (Å²) in [7, 11) is -3.99. The van der Waals surface area contributed by atoms with Crippen LogP contribution in [-0.2, 0) is 10.0 Å². The number of aromatic carboxylic acids is 1. The third-order valence-electron chi connectivity index (χ3n) is 2.43. The molecule has 0 saturated heterocycles. The second-order valence-electron chi connectivity index (χ2n) is 3.92. The molecule has 1 aromatic carbocycles. The fraction of sp³-hybridized carbons (Fsp3) is 0. The number of sulfonamides is 1. The summed E-state index contributed by atoms with van der Waals surface area (Å²) in [6.07, 6.45) is 0.955. The number of benzene rings is 1. The molecule has 6 nitrogen and oxygen atoms in total. The number of anilines is 1. The number of nitrogens with zero attached hydrogens (tertiary/aromatic N) is 1. The molecule has 0 aliphatic rings. The van der Waals surface area contributed by atoms with Gasteiger partial charge in [-0.1, -0.05) is 23.2 Å². The molecule has 2 N–H and O–H groups in total. The predicted octanol–water partition coefficient (Wildman–Crippen LogP) is 2.89. The van der Waals surface area contributed by atoms with Gasteiger partial charge in [0.1, 0.15) is 0 Å². The molecule has 21 heavy (non-hydrogen) atoms. The molecule has 1 aromatic heterocycles. The van der Waals surface area contributed by atoms with Crippen molar-refractivity contribution in [3.63, 3.8) is 0 Å². The molecule has 110 valence electrons. The van der Waals surface area contributed by atoms with Gasteiger partial charge in [0.25, 0.3) is 10.0 Å². The lowest BCUT2D eigenvalue weighted by Gasteiger charge is -2.09. The smallest absolute Gasteiger partial charge is 0.337 e. The van der Waals surface area contributed by atoms with E-state index in [1.165, 1.54) is 18.2 Å². The van der Waals surface area contributed by atoms with E-state index in [0.717, 1.165) is 18.3 Å². The van der Waals surface area contributed by atoms with Crippen molar-refractivity contribution in [2.75, 3.05) is 4.72 Å². The molecule has 0 aliphatic carbocycles. The summed E-state index contributed by atoms with van der Waals surface area (Å²) in [5, 5.41) is 8.90. The van der Waals surface area contributed by atoms with Crippen LogP contribution in [0, 0.1) is 0 Å². The van der Waals surface area contributed by atoms with E-state index in [4.69, 9.17) is 28.3 Å². The Balaban J connectivity index is 2.34. The van der Waals surface area contributed by atoms with Crippen LogP contribution in [0.5, 0.6) is 0 Å². The molecule has 0 unspecified atom stereocenters. The minimum atomic E-state index is -3.99. The summed E-state index contributed by atoms with van der Waals surface area (Å²) in [6.45, 7) is 0. The zero-order valence-electron chi connectivity index (χ0n) is 10.2. The van der Waals surface area contributed by atoms with Crippen LogP contribution < -0.4 is 4.72 Å². The third-order valence-corrected chi connectivity index (χ3v) is 4.28. The number of nitrogens with one attached hydrogen (secondary N) is 1. The number of halogens is 2. The number of carboxylic acid groups (broad SMARTS) is 1. The van der Waals surface area contributed by atoms with Crippen molar-refractivity contribution in [1.82, 2.24) is 4.98 Å². The van der Waals surface area contributed by atoms with Gasteiger partial charge < -0.3 is 5.11 Å². The molecular formula is C12H8Cl2N2O4S. The molecule has 0 amide bonds. The topological polar surface area (TPSA) is 96.4 Å².